The van der Waals surface area contributed by atoms with Crippen molar-refractivity contribution in [2.24, 2.45) is 29.4 Å². The Morgan fingerprint density at radius 2 is 0.966 bits per heavy atom. The lowest BCUT2D eigenvalue weighted by Gasteiger charge is -2.36. The summed E-state index contributed by atoms with van der Waals surface area (Å²) in [7, 11) is 4.78. The summed E-state index contributed by atoms with van der Waals surface area (Å²) in [5, 5.41) is 12.3. The van der Waals surface area contributed by atoms with E-state index >= 15 is 0 Å². The second-order valence-electron chi connectivity index (χ2n) is 26.6. The summed E-state index contributed by atoms with van der Waals surface area (Å²) in [5.74, 6) is 3.85. The van der Waals surface area contributed by atoms with Crippen LogP contribution >= 0.6 is 0 Å². The van der Waals surface area contributed by atoms with E-state index < -0.39 is 0 Å². The third kappa shape index (κ3) is 15.8. The van der Waals surface area contributed by atoms with Crippen LogP contribution in [0.4, 0.5) is 11.4 Å². The number of methoxy groups -OCH3 is 3. The van der Waals surface area contributed by atoms with Gasteiger partial charge in [-0.05, 0) is 236 Å². The maximum absolute atomic E-state index is 14.4. The van der Waals surface area contributed by atoms with Gasteiger partial charge in [0.25, 0.3) is 0 Å². The number of hydrogen-bond acceptors (Lipinski definition) is 10. The number of rotatable bonds is 20. The van der Waals surface area contributed by atoms with Gasteiger partial charge in [0.05, 0.1) is 52.2 Å². The molecule has 0 spiro atoms. The number of ether oxygens (including phenoxy) is 3. The third-order valence-corrected chi connectivity index (χ3v) is 20.3. The number of carbonyl (C=O) groups is 4. The van der Waals surface area contributed by atoms with Gasteiger partial charge in [-0.15, -0.1) is 0 Å². The van der Waals surface area contributed by atoms with Crippen molar-refractivity contribution in [3.63, 3.8) is 0 Å². The number of esters is 1. The monoisotopic (exact) mass is 1190 g/mol. The van der Waals surface area contributed by atoms with Crippen LogP contribution in [0.2, 0.25) is 0 Å². The highest BCUT2D eigenvalue weighted by Crippen LogP contribution is 2.43. The fraction of sp³-hybridized carbons (Fsp3) is 0.534. The molecule has 12 rings (SSSR count). The minimum atomic E-state index is -0.385. The van der Waals surface area contributed by atoms with Crippen molar-refractivity contribution >= 4 is 35.1 Å². The molecule has 15 heteroatoms. The topological polar surface area (TPSA) is 176 Å². The Bertz CT molecular complexity index is 3330. The number of nitrogens with zero attached hydrogens (tertiary/aromatic N) is 6. The Morgan fingerprint density at radius 3 is 1.38 bits per heavy atom. The molecule has 0 aliphatic heterocycles. The van der Waals surface area contributed by atoms with Gasteiger partial charge in [0, 0.05) is 78.3 Å². The molecule has 0 bridgehead atoms. The Kier molecular flexibility index (Phi) is 20.5. The van der Waals surface area contributed by atoms with Gasteiger partial charge in [-0.1, -0.05) is 48.5 Å². The number of nitrogens with one attached hydrogen (secondary N) is 1. The van der Waals surface area contributed by atoms with Crippen LogP contribution in [0.5, 0.6) is 11.5 Å². The Balaban J connectivity index is 0.000000185. The van der Waals surface area contributed by atoms with Crippen LogP contribution in [0.25, 0.3) is 22.3 Å². The van der Waals surface area contributed by atoms with E-state index in [-0.39, 0.29) is 60.5 Å². The maximum Gasteiger partial charge on any atom is 0.306 e. The highest BCUT2D eigenvalue weighted by Gasteiger charge is 2.36. The van der Waals surface area contributed by atoms with E-state index in [0.717, 1.165) is 154 Å². The zero-order chi connectivity index (χ0) is 61.3. The van der Waals surface area contributed by atoms with E-state index in [9.17, 15) is 19.2 Å². The molecule has 4 aromatic carbocycles. The molecular formula is C73H94N8O7. The maximum atomic E-state index is 14.4. The Hall–Kier alpha value is -7.26. The SMILES string of the molecule is COC(=O)CCC(=O)NC1CCC(C(=O)N(CC2CCC(c3ccc(OC)c(C)c3)CC2)c2cccc(-c3cnn(C4CC4)c3)c2)CC1.COc1ccc(C2CCC(CN(C(=O)C3CCC(N)CC3)c3cccc(-c4cnn(C5CC5)c4)c3)CC2)cc1C. The summed E-state index contributed by atoms with van der Waals surface area (Å²) < 4.78 is 19.8. The first-order chi connectivity index (χ1) is 42.8. The van der Waals surface area contributed by atoms with Crippen LogP contribution in [-0.4, -0.2) is 89.8 Å². The Labute approximate surface area is 521 Å². The first kappa shape index (κ1) is 62.4. The van der Waals surface area contributed by atoms with Crippen LogP contribution in [0.15, 0.2) is 110 Å². The van der Waals surface area contributed by atoms with E-state index in [1.54, 1.807) is 14.2 Å². The van der Waals surface area contributed by atoms with Gasteiger partial charge in [0.2, 0.25) is 17.7 Å². The molecule has 3 amide bonds. The molecule has 2 heterocycles. The zero-order valence-electron chi connectivity index (χ0n) is 52.8. The zero-order valence-corrected chi connectivity index (χ0v) is 52.8. The predicted molar refractivity (Wildman–Crippen MR) is 347 cm³/mol. The summed E-state index contributed by atoms with van der Waals surface area (Å²) in [6, 6.07) is 31.5. The van der Waals surface area contributed by atoms with Gasteiger partial charge in [-0.2, -0.15) is 10.2 Å². The molecule has 6 saturated carbocycles. The molecular weight excluding hydrogens is 1100 g/mol. The predicted octanol–water partition coefficient (Wildman–Crippen LogP) is 14.2. The van der Waals surface area contributed by atoms with Crippen LogP contribution < -0.4 is 30.3 Å². The van der Waals surface area contributed by atoms with Crippen LogP contribution in [0.1, 0.15) is 187 Å². The standard InChI is InChI=1S/C39H50N4O5.C34H44N4O2/c1-26-21-31(13-18-36(26)47-2)28-9-7-27(8-10-28)24-42(35-6-4-5-30(22-35)32-23-40-43(25-32)34-16-17-34)39(46)29-11-14-33(15-12-29)41-37(44)19-20-38(45)48-3;1-23-18-28(12-17-33(23)40-2)25-8-6-24(7-9-25)21-37(34(39)26-10-13-30(35)14-11-26)32-5-3-4-27(19-32)29-20-36-38(22-29)31-15-16-31/h4-6,13,18,21-23,25,27-29,33-34H,7-12,14-17,19-20,24H2,1-3H3,(H,41,44);3-5,12,17-20,22,24-26,30-31H,6-11,13-16,21,35H2,1-2H3. The highest BCUT2D eigenvalue weighted by atomic mass is 16.5. The summed E-state index contributed by atoms with van der Waals surface area (Å²) in [5.41, 5.74) is 17.7. The molecule has 0 radical (unpaired) electrons. The lowest BCUT2D eigenvalue weighted by atomic mass is 9.78. The molecule has 0 unspecified atom stereocenters. The minimum absolute atomic E-state index is 0.0239. The molecule has 15 nitrogen and oxygen atoms in total. The average molecular weight is 1200 g/mol. The molecule has 6 fully saturated rings. The van der Waals surface area contributed by atoms with Gasteiger partial charge in [-0.25, -0.2) is 0 Å². The second kappa shape index (κ2) is 28.9. The fourth-order valence-electron chi connectivity index (χ4n) is 14.5. The number of nitrogens with two attached hydrogens (primary N) is 1. The lowest BCUT2D eigenvalue weighted by Crippen LogP contribution is -2.44. The van der Waals surface area contributed by atoms with E-state index in [2.05, 4.69) is 151 Å². The van der Waals surface area contributed by atoms with E-state index in [0.29, 0.717) is 42.3 Å². The molecule has 0 atom stereocenters. The third-order valence-electron chi connectivity index (χ3n) is 20.3. The van der Waals surface area contributed by atoms with Crippen molar-refractivity contribution in [1.82, 2.24) is 24.9 Å². The highest BCUT2D eigenvalue weighted by molar-refractivity contribution is 5.96. The summed E-state index contributed by atoms with van der Waals surface area (Å²) in [4.78, 5) is 56.5. The molecule has 2 aromatic heterocycles. The minimum Gasteiger partial charge on any atom is -0.496 e. The van der Waals surface area contributed by atoms with E-state index in [1.807, 2.05) is 12.4 Å². The number of benzene rings is 4. The van der Waals surface area contributed by atoms with Crippen molar-refractivity contribution in [3.05, 3.63) is 132 Å². The van der Waals surface area contributed by atoms with Crippen LogP contribution in [0, 0.1) is 37.5 Å². The molecule has 6 aliphatic carbocycles. The first-order valence-electron chi connectivity index (χ1n) is 33.1. The van der Waals surface area contributed by atoms with Gasteiger partial charge < -0.3 is 35.1 Å². The number of aromatic nitrogens is 4. The average Bonchev–Trinajstić information content (AvgIpc) is 3.05. The van der Waals surface area contributed by atoms with E-state index in [1.165, 1.54) is 55.0 Å². The van der Waals surface area contributed by atoms with E-state index in [4.69, 9.17) is 15.2 Å². The van der Waals surface area contributed by atoms with Crippen molar-refractivity contribution in [2.75, 3.05) is 44.2 Å². The molecule has 6 aromatic rings. The van der Waals surface area contributed by atoms with Crippen LogP contribution in [0.3, 0.4) is 0 Å². The van der Waals surface area contributed by atoms with Crippen LogP contribution in [-0.2, 0) is 23.9 Å². The fourth-order valence-corrected chi connectivity index (χ4v) is 14.5. The molecule has 88 heavy (non-hydrogen) atoms. The molecule has 6 aliphatic rings. The number of hydrogen-bond donors (Lipinski definition) is 2. The van der Waals surface area contributed by atoms with Gasteiger partial charge in [-0.3, -0.25) is 28.5 Å². The number of anilines is 2. The second-order valence-corrected chi connectivity index (χ2v) is 26.6. The van der Waals surface area contributed by atoms with Crippen molar-refractivity contribution in [1.29, 1.82) is 0 Å². The van der Waals surface area contributed by atoms with Crippen molar-refractivity contribution < 1.29 is 33.4 Å². The summed E-state index contributed by atoms with van der Waals surface area (Å²) in [6.45, 7) is 5.73. The largest absolute Gasteiger partial charge is 0.496 e. The summed E-state index contributed by atoms with van der Waals surface area (Å²) in [6.07, 6.45) is 28.8. The molecule has 0 saturated heterocycles. The normalized spacial score (nSPS) is 23.6. The van der Waals surface area contributed by atoms with Gasteiger partial charge >= 0.3 is 5.97 Å². The number of aryl methyl sites for hydroxylation is 2. The quantitative estimate of drug-likeness (QED) is 0.0700. The molecule has 468 valence electrons. The number of carbonyl (C=O) groups excluding carboxylic acids is 4. The van der Waals surface area contributed by atoms with Crippen molar-refractivity contribution in [2.45, 2.75) is 191 Å². The first-order valence-corrected chi connectivity index (χ1v) is 33.1. The lowest BCUT2D eigenvalue weighted by molar-refractivity contribution is -0.142. The van der Waals surface area contributed by atoms with Gasteiger partial charge in [0.1, 0.15) is 11.5 Å². The summed E-state index contributed by atoms with van der Waals surface area (Å²) >= 11 is 0. The number of amides is 3. The smallest absolute Gasteiger partial charge is 0.306 e. The van der Waals surface area contributed by atoms with Gasteiger partial charge in [0.15, 0.2) is 0 Å². The van der Waals surface area contributed by atoms with Crippen molar-refractivity contribution in [3.8, 4) is 33.8 Å². The molecule has 3 N–H and O–H groups in total. The Morgan fingerprint density at radius 1 is 0.523 bits per heavy atom.